The number of amides is 3. The Balaban J connectivity index is 1.15. The van der Waals surface area contributed by atoms with Crippen molar-refractivity contribution in [1.29, 1.82) is 0 Å². The molecule has 224 valence electrons. The molecule has 3 amide bonds. The second-order valence-electron chi connectivity index (χ2n) is 11.4. The van der Waals surface area contributed by atoms with Gasteiger partial charge in [0.2, 0.25) is 5.92 Å². The summed E-state index contributed by atoms with van der Waals surface area (Å²) in [6.45, 7) is 4.89. The summed E-state index contributed by atoms with van der Waals surface area (Å²) < 4.78 is 29.4. The van der Waals surface area contributed by atoms with Crippen molar-refractivity contribution in [3.05, 3.63) is 89.9 Å². The van der Waals surface area contributed by atoms with Crippen molar-refractivity contribution in [2.75, 3.05) is 31.5 Å². The van der Waals surface area contributed by atoms with Gasteiger partial charge in [0, 0.05) is 86.5 Å². The summed E-state index contributed by atoms with van der Waals surface area (Å²) in [6.07, 6.45) is 4.32. The van der Waals surface area contributed by atoms with Crippen molar-refractivity contribution in [3.8, 4) is 5.69 Å². The fourth-order valence-corrected chi connectivity index (χ4v) is 6.36. The molecule has 2 aliphatic rings. The highest BCUT2D eigenvalue weighted by Gasteiger charge is 2.38. The number of nitrogens with zero attached hydrogens (tertiary/aromatic N) is 4. The van der Waals surface area contributed by atoms with Crippen molar-refractivity contribution in [2.45, 2.75) is 51.1 Å². The van der Waals surface area contributed by atoms with Crippen LogP contribution in [0.3, 0.4) is 0 Å². The van der Waals surface area contributed by atoms with Crippen LogP contribution in [0.1, 0.15) is 47.3 Å². The molecule has 0 atom stereocenters. The van der Waals surface area contributed by atoms with Crippen LogP contribution in [0.2, 0.25) is 0 Å². The van der Waals surface area contributed by atoms with E-state index in [0.29, 0.717) is 56.8 Å². The third-order valence-corrected chi connectivity index (χ3v) is 8.69. The zero-order chi connectivity index (χ0) is 30.0. The van der Waals surface area contributed by atoms with Crippen LogP contribution in [0.15, 0.2) is 73.1 Å². The fourth-order valence-electron chi connectivity index (χ4n) is 6.36. The number of hydrogen-bond donors (Lipinski definition) is 2. The number of rotatable bonds is 6. The van der Waals surface area contributed by atoms with Gasteiger partial charge in [-0.25, -0.2) is 13.6 Å². The average molecular weight is 587 g/mol. The largest absolute Gasteiger partial charge is 0.336 e. The number of alkyl halides is 2. The first-order valence-electron chi connectivity index (χ1n) is 14.8. The second-order valence-corrected chi connectivity index (χ2v) is 11.4. The molecular formula is C33H36F2N6O2. The monoisotopic (exact) mass is 586 g/mol. The van der Waals surface area contributed by atoms with E-state index in [0.717, 1.165) is 27.8 Å². The van der Waals surface area contributed by atoms with E-state index in [9.17, 15) is 18.4 Å². The molecule has 1 aliphatic heterocycles. The Labute approximate surface area is 249 Å². The van der Waals surface area contributed by atoms with Crippen molar-refractivity contribution < 1.29 is 18.4 Å². The molecule has 0 bridgehead atoms. The number of para-hydroxylation sites is 1. The zero-order valence-electron chi connectivity index (χ0n) is 24.2. The number of pyridine rings is 1. The van der Waals surface area contributed by atoms with Gasteiger partial charge in [-0.2, -0.15) is 0 Å². The van der Waals surface area contributed by atoms with Gasteiger partial charge in [-0.3, -0.25) is 14.7 Å². The molecule has 2 N–H and O–H groups in total. The Kier molecular flexibility index (Phi) is 8.12. The summed E-state index contributed by atoms with van der Waals surface area (Å²) in [5.41, 5.74) is 4.90. The molecule has 1 saturated carbocycles. The summed E-state index contributed by atoms with van der Waals surface area (Å²) in [5.74, 6) is -2.54. The van der Waals surface area contributed by atoms with Gasteiger partial charge in [-0.05, 0) is 61.7 Å². The number of urea groups is 1. The molecule has 0 unspecified atom stereocenters. The number of hydrogen-bond acceptors (Lipinski definition) is 4. The summed E-state index contributed by atoms with van der Waals surface area (Å²) in [5, 5.41) is 6.57. The van der Waals surface area contributed by atoms with Gasteiger partial charge < -0.3 is 20.1 Å². The number of nitrogens with one attached hydrogen (secondary N) is 2. The smallest absolute Gasteiger partial charge is 0.319 e. The van der Waals surface area contributed by atoms with Crippen molar-refractivity contribution in [2.24, 2.45) is 0 Å². The van der Waals surface area contributed by atoms with Crippen LogP contribution in [0.5, 0.6) is 0 Å². The highest BCUT2D eigenvalue weighted by molar-refractivity contribution is 6.09. The summed E-state index contributed by atoms with van der Waals surface area (Å²) in [4.78, 5) is 34.6. The Hall–Kier alpha value is -4.31. The second kappa shape index (κ2) is 12.1. The van der Waals surface area contributed by atoms with Crippen molar-refractivity contribution >= 4 is 28.5 Å². The van der Waals surface area contributed by atoms with Crippen LogP contribution in [0.4, 0.5) is 19.3 Å². The minimum Gasteiger partial charge on any atom is -0.336 e. The maximum atomic E-state index is 13.9. The molecule has 10 heteroatoms. The van der Waals surface area contributed by atoms with Gasteiger partial charge in [-0.15, -0.1) is 0 Å². The minimum absolute atomic E-state index is 0.00847. The summed E-state index contributed by atoms with van der Waals surface area (Å²) >= 11 is 0. The fraction of sp³-hybridized carbons (Fsp3) is 0.364. The molecule has 2 aromatic carbocycles. The van der Waals surface area contributed by atoms with E-state index in [1.54, 1.807) is 12.4 Å². The lowest BCUT2D eigenvalue weighted by atomic mass is 9.91. The SMILES string of the molecule is Cc1c(C(=O)N2CCN(C3CCC(F)(F)CC3)CC2)c2ccccc2n1-c1ccc(NC(=O)NCc2cccnc2)cc1. The standard InChI is InChI=1S/C33H36F2N6O2/c1-23-30(31(42)40-19-17-39(18-20-40)26-12-14-33(34,35)15-13-26)28-6-2-3-7-29(28)41(23)27-10-8-25(9-11-27)38-32(43)37-22-24-5-4-16-36-21-24/h2-11,16,21,26H,12-15,17-20,22H2,1H3,(H2,37,38,43). The topological polar surface area (TPSA) is 82.5 Å². The van der Waals surface area contributed by atoms with Crippen molar-refractivity contribution in [1.82, 2.24) is 24.7 Å². The van der Waals surface area contributed by atoms with E-state index in [1.165, 1.54) is 0 Å². The Morgan fingerprint density at radius 1 is 0.953 bits per heavy atom. The predicted octanol–water partition coefficient (Wildman–Crippen LogP) is 5.99. The molecule has 3 heterocycles. The first-order valence-corrected chi connectivity index (χ1v) is 14.8. The summed E-state index contributed by atoms with van der Waals surface area (Å²) in [6, 6.07) is 19.0. The van der Waals surface area contributed by atoms with Gasteiger partial charge in [-0.1, -0.05) is 24.3 Å². The maximum Gasteiger partial charge on any atom is 0.319 e. The molecule has 0 spiro atoms. The Bertz CT molecular complexity index is 1590. The number of anilines is 1. The highest BCUT2D eigenvalue weighted by atomic mass is 19.3. The van der Waals surface area contributed by atoms with Crippen LogP contribution in [0.25, 0.3) is 16.6 Å². The van der Waals surface area contributed by atoms with Crippen LogP contribution < -0.4 is 10.6 Å². The lowest BCUT2D eigenvalue weighted by molar-refractivity contribution is -0.0571. The normalized spacial score (nSPS) is 17.6. The van der Waals surface area contributed by atoms with Crippen LogP contribution in [0, 0.1) is 6.92 Å². The van der Waals surface area contributed by atoms with Crippen molar-refractivity contribution in [3.63, 3.8) is 0 Å². The molecule has 2 fully saturated rings. The first kappa shape index (κ1) is 28.8. The Morgan fingerprint density at radius 2 is 1.67 bits per heavy atom. The number of piperazine rings is 1. The van der Waals surface area contributed by atoms with E-state index in [-0.39, 0.29) is 30.8 Å². The third kappa shape index (κ3) is 6.24. The van der Waals surface area contributed by atoms with Crippen LogP contribution in [-0.2, 0) is 6.54 Å². The Morgan fingerprint density at radius 3 is 2.37 bits per heavy atom. The third-order valence-electron chi connectivity index (χ3n) is 8.69. The number of aromatic nitrogens is 2. The number of fused-ring (bicyclic) bond motifs is 1. The van der Waals surface area contributed by atoms with E-state index in [1.807, 2.05) is 72.5 Å². The van der Waals surface area contributed by atoms with E-state index in [2.05, 4.69) is 25.1 Å². The van der Waals surface area contributed by atoms with E-state index >= 15 is 0 Å². The number of benzene rings is 2. The van der Waals surface area contributed by atoms with Crippen LogP contribution >= 0.6 is 0 Å². The number of halogens is 2. The lowest BCUT2D eigenvalue weighted by Crippen LogP contribution is -2.53. The van der Waals surface area contributed by atoms with Gasteiger partial charge in [0.25, 0.3) is 5.91 Å². The van der Waals surface area contributed by atoms with E-state index in [4.69, 9.17) is 0 Å². The highest BCUT2D eigenvalue weighted by Crippen LogP contribution is 2.36. The maximum absolute atomic E-state index is 13.9. The first-order chi connectivity index (χ1) is 20.8. The van der Waals surface area contributed by atoms with Gasteiger partial charge in [0.1, 0.15) is 0 Å². The minimum atomic E-state index is -2.54. The van der Waals surface area contributed by atoms with Gasteiger partial charge >= 0.3 is 6.03 Å². The zero-order valence-corrected chi connectivity index (χ0v) is 24.2. The molecular weight excluding hydrogens is 550 g/mol. The van der Waals surface area contributed by atoms with Gasteiger partial charge in [0.05, 0.1) is 11.1 Å². The molecule has 8 nitrogen and oxygen atoms in total. The average Bonchev–Trinajstić information content (AvgIpc) is 3.32. The molecule has 1 saturated heterocycles. The molecule has 1 aliphatic carbocycles. The summed E-state index contributed by atoms with van der Waals surface area (Å²) in [7, 11) is 0. The molecule has 0 radical (unpaired) electrons. The van der Waals surface area contributed by atoms with E-state index < -0.39 is 5.92 Å². The quantitative estimate of drug-likeness (QED) is 0.291. The predicted molar refractivity (Wildman–Crippen MR) is 163 cm³/mol. The number of carbonyl (C=O) groups is 2. The van der Waals surface area contributed by atoms with Gasteiger partial charge in [0.15, 0.2) is 0 Å². The number of carbonyl (C=O) groups excluding carboxylic acids is 2. The molecule has 43 heavy (non-hydrogen) atoms. The lowest BCUT2D eigenvalue weighted by Gasteiger charge is -2.42. The molecule has 2 aromatic heterocycles. The van der Waals surface area contributed by atoms with Crippen LogP contribution in [-0.4, -0.2) is 69.4 Å². The molecule has 4 aromatic rings. The molecule has 6 rings (SSSR count).